The van der Waals surface area contributed by atoms with E-state index < -0.39 is 5.91 Å². The molecule has 1 saturated heterocycles. The third-order valence-corrected chi connectivity index (χ3v) is 4.74. The Morgan fingerprint density at radius 3 is 2.72 bits per heavy atom. The van der Waals surface area contributed by atoms with Crippen LogP contribution in [0.15, 0.2) is 30.6 Å². The monoisotopic (exact) mass is 338 g/mol. The Labute approximate surface area is 143 Å². The molecule has 3 heterocycles. The van der Waals surface area contributed by atoms with E-state index in [0.29, 0.717) is 18.7 Å². The number of hydrogen-bond donors (Lipinski definition) is 3. The predicted octanol–water partition coefficient (Wildman–Crippen LogP) is 1.40. The number of benzene rings is 1. The molecule has 2 aromatic heterocycles. The third kappa shape index (κ3) is 2.86. The minimum Gasteiger partial charge on any atom is -0.364 e. The Balaban J connectivity index is 1.43. The molecule has 0 radical (unpaired) electrons. The topological polar surface area (TPSA) is 121 Å². The van der Waals surface area contributed by atoms with Crippen LogP contribution in [0, 0.1) is 0 Å². The van der Waals surface area contributed by atoms with Gasteiger partial charge in [0.25, 0.3) is 11.8 Å². The highest BCUT2D eigenvalue weighted by Crippen LogP contribution is 2.28. The average Bonchev–Trinajstić information content (AvgIpc) is 3.30. The van der Waals surface area contributed by atoms with Gasteiger partial charge in [-0.1, -0.05) is 0 Å². The minimum absolute atomic E-state index is 0.0254. The smallest absolute Gasteiger partial charge is 0.269 e. The molecule has 0 aliphatic carbocycles. The van der Waals surface area contributed by atoms with Crippen molar-refractivity contribution in [3.05, 3.63) is 47.5 Å². The van der Waals surface area contributed by atoms with E-state index in [-0.39, 0.29) is 17.5 Å². The number of carbonyl (C=O) groups excluding carboxylic acids is 2. The minimum atomic E-state index is -0.538. The molecular weight excluding hydrogens is 320 g/mol. The largest absolute Gasteiger partial charge is 0.364 e. The van der Waals surface area contributed by atoms with Crippen molar-refractivity contribution in [2.75, 3.05) is 13.1 Å². The molecular formula is C17H18N6O2. The van der Waals surface area contributed by atoms with Crippen molar-refractivity contribution in [2.45, 2.75) is 18.8 Å². The predicted molar refractivity (Wildman–Crippen MR) is 91.1 cm³/mol. The van der Waals surface area contributed by atoms with Gasteiger partial charge in [0.2, 0.25) is 0 Å². The van der Waals surface area contributed by atoms with Gasteiger partial charge in [0.05, 0.1) is 17.4 Å². The Kier molecular flexibility index (Phi) is 3.72. The number of fused-ring (bicyclic) bond motifs is 1. The van der Waals surface area contributed by atoms with Crippen LogP contribution in [0.2, 0.25) is 0 Å². The van der Waals surface area contributed by atoms with Crippen LogP contribution in [0.3, 0.4) is 0 Å². The number of piperidine rings is 1. The summed E-state index contributed by atoms with van der Waals surface area (Å²) in [5.74, 6) is -0.263. The highest BCUT2D eigenvalue weighted by Gasteiger charge is 2.26. The first-order valence-electron chi connectivity index (χ1n) is 8.19. The summed E-state index contributed by atoms with van der Waals surface area (Å²) in [6.45, 7) is 1.32. The van der Waals surface area contributed by atoms with Crippen LogP contribution in [0.5, 0.6) is 0 Å². The van der Waals surface area contributed by atoms with Crippen LogP contribution in [-0.4, -0.2) is 50.0 Å². The molecule has 1 aromatic carbocycles. The number of likely N-dealkylation sites (tertiary alicyclic amines) is 1. The van der Waals surface area contributed by atoms with Gasteiger partial charge in [-0.05, 0) is 37.1 Å². The number of amides is 2. The van der Waals surface area contributed by atoms with Gasteiger partial charge in [0.15, 0.2) is 0 Å². The Morgan fingerprint density at radius 2 is 2.00 bits per heavy atom. The molecule has 4 N–H and O–H groups in total. The number of nitrogens with zero attached hydrogens (tertiary/aromatic N) is 3. The molecule has 1 fully saturated rings. The number of primary amides is 1. The van der Waals surface area contributed by atoms with E-state index in [1.54, 1.807) is 12.4 Å². The van der Waals surface area contributed by atoms with Crippen molar-refractivity contribution < 1.29 is 9.59 Å². The molecule has 3 aromatic rings. The normalized spacial score (nSPS) is 15.6. The maximum absolute atomic E-state index is 12.7. The van der Waals surface area contributed by atoms with Crippen LogP contribution in [0.1, 0.15) is 45.3 Å². The fourth-order valence-electron chi connectivity index (χ4n) is 3.32. The summed E-state index contributed by atoms with van der Waals surface area (Å²) < 4.78 is 0. The number of H-pyrrole nitrogens is 2. The molecule has 128 valence electrons. The Hall–Kier alpha value is -3.16. The molecule has 1 aliphatic heterocycles. The lowest BCUT2D eigenvalue weighted by Gasteiger charge is -2.31. The molecule has 25 heavy (non-hydrogen) atoms. The number of aromatic nitrogens is 4. The Bertz CT molecular complexity index is 935. The van der Waals surface area contributed by atoms with E-state index in [4.69, 9.17) is 5.73 Å². The lowest BCUT2D eigenvalue weighted by atomic mass is 9.93. The number of hydrogen-bond acceptors (Lipinski definition) is 4. The zero-order valence-electron chi connectivity index (χ0n) is 13.5. The number of nitrogens with two attached hydrogens (primary N) is 1. The number of carbonyl (C=O) groups is 2. The summed E-state index contributed by atoms with van der Waals surface area (Å²) in [7, 11) is 0. The van der Waals surface area contributed by atoms with E-state index in [2.05, 4.69) is 20.2 Å². The van der Waals surface area contributed by atoms with Crippen LogP contribution in [0.25, 0.3) is 11.0 Å². The molecule has 0 spiro atoms. The van der Waals surface area contributed by atoms with Gasteiger partial charge >= 0.3 is 0 Å². The second-order valence-electron chi connectivity index (χ2n) is 6.27. The summed E-state index contributed by atoms with van der Waals surface area (Å²) in [4.78, 5) is 32.9. The van der Waals surface area contributed by atoms with Gasteiger partial charge in [-0.2, -0.15) is 5.10 Å². The molecule has 4 rings (SSSR count). The molecule has 0 saturated carbocycles. The van der Waals surface area contributed by atoms with Crippen molar-refractivity contribution in [1.29, 1.82) is 0 Å². The maximum atomic E-state index is 12.7. The zero-order chi connectivity index (χ0) is 17.4. The van der Waals surface area contributed by atoms with E-state index in [0.717, 1.165) is 29.6 Å². The highest BCUT2D eigenvalue weighted by atomic mass is 16.2. The quantitative estimate of drug-likeness (QED) is 0.668. The molecule has 0 unspecified atom stereocenters. The van der Waals surface area contributed by atoms with Crippen LogP contribution >= 0.6 is 0 Å². The molecule has 0 atom stereocenters. The summed E-state index contributed by atoms with van der Waals surface area (Å²) >= 11 is 0. The summed E-state index contributed by atoms with van der Waals surface area (Å²) in [5, 5.41) is 6.81. The van der Waals surface area contributed by atoms with Crippen molar-refractivity contribution in [2.24, 2.45) is 5.73 Å². The molecule has 0 bridgehead atoms. The first-order valence-corrected chi connectivity index (χ1v) is 8.19. The summed E-state index contributed by atoms with van der Waals surface area (Å²) in [6, 6.07) is 7.20. The number of aromatic amines is 2. The van der Waals surface area contributed by atoms with Crippen molar-refractivity contribution in [3.63, 3.8) is 0 Å². The van der Waals surface area contributed by atoms with E-state index in [1.807, 2.05) is 23.1 Å². The lowest BCUT2D eigenvalue weighted by molar-refractivity contribution is 0.0712. The zero-order valence-corrected chi connectivity index (χ0v) is 13.5. The van der Waals surface area contributed by atoms with Gasteiger partial charge in [0.1, 0.15) is 5.69 Å². The number of nitrogens with one attached hydrogen (secondary N) is 2. The lowest BCUT2D eigenvalue weighted by Crippen LogP contribution is -2.38. The first kappa shape index (κ1) is 15.4. The summed E-state index contributed by atoms with van der Waals surface area (Å²) in [5.41, 5.74) is 8.75. The van der Waals surface area contributed by atoms with Crippen molar-refractivity contribution >= 4 is 22.8 Å². The van der Waals surface area contributed by atoms with Gasteiger partial charge < -0.3 is 15.6 Å². The van der Waals surface area contributed by atoms with Crippen LogP contribution in [-0.2, 0) is 0 Å². The fourth-order valence-corrected chi connectivity index (χ4v) is 3.32. The standard InChI is InChI=1S/C17H18N6O2/c18-16(24)15-8-13(21-22-15)10-3-5-23(6-4-10)17(25)11-1-2-12-14(7-11)20-9-19-12/h1-2,7-10H,3-6H2,(H2,18,24)(H,19,20)(H,21,22). The number of rotatable bonds is 3. The van der Waals surface area contributed by atoms with Gasteiger partial charge in [0, 0.05) is 30.3 Å². The summed E-state index contributed by atoms with van der Waals surface area (Å²) in [6.07, 6.45) is 3.26. The number of imidazole rings is 1. The SMILES string of the molecule is NC(=O)c1cc(C2CCN(C(=O)c3ccc4nc[nH]c4c3)CC2)[nH]n1. The van der Waals surface area contributed by atoms with E-state index >= 15 is 0 Å². The first-order chi connectivity index (χ1) is 12.1. The average molecular weight is 338 g/mol. The van der Waals surface area contributed by atoms with Crippen molar-refractivity contribution in [1.82, 2.24) is 25.1 Å². The molecule has 8 heteroatoms. The molecule has 2 amide bonds. The second kappa shape index (κ2) is 6.04. The molecule has 1 aliphatic rings. The van der Waals surface area contributed by atoms with E-state index in [1.165, 1.54) is 0 Å². The third-order valence-electron chi connectivity index (χ3n) is 4.74. The van der Waals surface area contributed by atoms with Gasteiger partial charge in [-0.3, -0.25) is 14.7 Å². The Morgan fingerprint density at radius 1 is 1.20 bits per heavy atom. The van der Waals surface area contributed by atoms with Crippen molar-refractivity contribution in [3.8, 4) is 0 Å². The van der Waals surface area contributed by atoms with Crippen LogP contribution < -0.4 is 5.73 Å². The fraction of sp³-hybridized carbons (Fsp3) is 0.294. The van der Waals surface area contributed by atoms with Crippen LogP contribution in [0.4, 0.5) is 0 Å². The second-order valence-corrected chi connectivity index (χ2v) is 6.27. The van der Waals surface area contributed by atoms with Gasteiger partial charge in [-0.25, -0.2) is 4.98 Å². The maximum Gasteiger partial charge on any atom is 0.269 e. The highest BCUT2D eigenvalue weighted by molar-refractivity contribution is 5.97. The molecule has 8 nitrogen and oxygen atoms in total. The van der Waals surface area contributed by atoms with Gasteiger partial charge in [-0.15, -0.1) is 0 Å². The van der Waals surface area contributed by atoms with E-state index in [9.17, 15) is 9.59 Å².